The lowest BCUT2D eigenvalue weighted by atomic mass is 10.3. The summed E-state index contributed by atoms with van der Waals surface area (Å²) in [5, 5.41) is 2.86. The standard InChI is InChI=1S/C6H11F3N2O2S/c1-5-4-11(3-2-10-5)14(12,13)6(7,8)9/h5,10H,2-4H2,1H3. The number of rotatable bonds is 1. The van der Waals surface area contributed by atoms with Gasteiger partial charge in [0.05, 0.1) is 0 Å². The van der Waals surface area contributed by atoms with Gasteiger partial charge in [-0.2, -0.15) is 17.5 Å². The van der Waals surface area contributed by atoms with Crippen molar-refractivity contribution in [3.05, 3.63) is 0 Å². The Morgan fingerprint density at radius 3 is 2.43 bits per heavy atom. The smallest absolute Gasteiger partial charge is 0.312 e. The van der Waals surface area contributed by atoms with Crippen LogP contribution in [0.1, 0.15) is 6.92 Å². The van der Waals surface area contributed by atoms with E-state index in [0.717, 1.165) is 0 Å². The first kappa shape index (κ1) is 11.7. The van der Waals surface area contributed by atoms with E-state index in [2.05, 4.69) is 5.32 Å². The Kier molecular flexibility index (Phi) is 3.07. The second kappa shape index (κ2) is 3.67. The molecule has 0 saturated carbocycles. The first-order valence-electron chi connectivity index (χ1n) is 4.05. The van der Waals surface area contributed by atoms with Gasteiger partial charge in [-0.15, -0.1) is 0 Å². The van der Waals surface area contributed by atoms with Gasteiger partial charge in [0.15, 0.2) is 0 Å². The number of nitrogens with one attached hydrogen (secondary N) is 1. The van der Waals surface area contributed by atoms with Crippen LogP contribution < -0.4 is 5.32 Å². The number of nitrogens with zero attached hydrogens (tertiary/aromatic N) is 1. The molecule has 14 heavy (non-hydrogen) atoms. The van der Waals surface area contributed by atoms with Gasteiger partial charge in [-0.3, -0.25) is 0 Å². The molecule has 1 aliphatic heterocycles. The summed E-state index contributed by atoms with van der Waals surface area (Å²) >= 11 is 0. The van der Waals surface area contributed by atoms with Crippen LogP contribution in [0.15, 0.2) is 0 Å². The zero-order valence-corrected chi connectivity index (χ0v) is 8.32. The van der Waals surface area contributed by atoms with Gasteiger partial charge in [0, 0.05) is 25.7 Å². The summed E-state index contributed by atoms with van der Waals surface area (Å²) in [5.74, 6) is 0. The SMILES string of the molecule is CC1CN(S(=O)(=O)C(F)(F)F)CCN1. The van der Waals surface area contributed by atoms with Crippen molar-refractivity contribution in [3.8, 4) is 0 Å². The number of alkyl halides is 3. The fourth-order valence-corrected chi connectivity index (χ4v) is 2.31. The number of hydrogen-bond donors (Lipinski definition) is 1. The molecule has 84 valence electrons. The fraction of sp³-hybridized carbons (Fsp3) is 1.00. The van der Waals surface area contributed by atoms with Crippen molar-refractivity contribution in [2.75, 3.05) is 19.6 Å². The zero-order valence-electron chi connectivity index (χ0n) is 7.50. The highest BCUT2D eigenvalue weighted by Crippen LogP contribution is 2.27. The summed E-state index contributed by atoms with van der Waals surface area (Å²) in [7, 11) is -5.14. The van der Waals surface area contributed by atoms with Crippen LogP contribution in [-0.2, 0) is 10.0 Å². The zero-order chi connectivity index (χ0) is 11.0. The van der Waals surface area contributed by atoms with E-state index >= 15 is 0 Å². The first-order chi connectivity index (χ1) is 6.25. The molecule has 1 atom stereocenters. The molecule has 1 fully saturated rings. The van der Waals surface area contributed by atoms with Gasteiger partial charge in [0.1, 0.15) is 0 Å². The van der Waals surface area contributed by atoms with Gasteiger partial charge < -0.3 is 5.32 Å². The third-order valence-corrected chi connectivity index (χ3v) is 3.56. The van der Waals surface area contributed by atoms with Gasteiger partial charge in [0.25, 0.3) is 0 Å². The molecule has 0 amide bonds. The molecule has 1 saturated heterocycles. The summed E-state index contributed by atoms with van der Waals surface area (Å²) in [4.78, 5) is 0. The number of sulfonamides is 1. The van der Waals surface area contributed by atoms with Crippen molar-refractivity contribution >= 4 is 10.0 Å². The van der Waals surface area contributed by atoms with Crippen molar-refractivity contribution in [2.24, 2.45) is 0 Å². The Balaban J connectivity index is 2.83. The highest BCUT2D eigenvalue weighted by atomic mass is 32.2. The molecule has 1 unspecified atom stereocenters. The van der Waals surface area contributed by atoms with Crippen molar-refractivity contribution in [2.45, 2.75) is 18.5 Å². The molecule has 1 heterocycles. The second-order valence-electron chi connectivity index (χ2n) is 3.16. The van der Waals surface area contributed by atoms with Crippen LogP contribution in [0.5, 0.6) is 0 Å². The molecule has 8 heteroatoms. The topological polar surface area (TPSA) is 49.4 Å². The molecule has 0 aromatic heterocycles. The maximum Gasteiger partial charge on any atom is 0.511 e. The van der Waals surface area contributed by atoms with Gasteiger partial charge in [0.2, 0.25) is 0 Å². The molecule has 1 N–H and O–H groups in total. The Labute approximate surface area is 80.1 Å². The maximum absolute atomic E-state index is 12.1. The molecule has 0 bridgehead atoms. The van der Waals surface area contributed by atoms with Crippen LogP contribution in [0.25, 0.3) is 0 Å². The molecule has 0 aromatic carbocycles. The predicted octanol–water partition coefficient (Wildman–Crippen LogP) is 0.130. The van der Waals surface area contributed by atoms with Gasteiger partial charge >= 0.3 is 15.5 Å². The molecule has 0 aromatic rings. The summed E-state index contributed by atoms with van der Waals surface area (Å²) in [6, 6.07) is -0.249. The highest BCUT2D eigenvalue weighted by Gasteiger charge is 2.50. The second-order valence-corrected chi connectivity index (χ2v) is 5.09. The minimum Gasteiger partial charge on any atom is -0.312 e. The molecule has 1 rings (SSSR count). The number of halogens is 3. The number of hydrogen-bond acceptors (Lipinski definition) is 3. The molecule has 1 aliphatic rings. The van der Waals surface area contributed by atoms with E-state index in [9.17, 15) is 21.6 Å². The van der Waals surface area contributed by atoms with E-state index < -0.39 is 15.5 Å². The fourth-order valence-electron chi connectivity index (χ4n) is 1.26. The summed E-state index contributed by atoms with van der Waals surface area (Å²) in [6.07, 6.45) is 0. The molecule has 0 radical (unpaired) electrons. The third kappa shape index (κ3) is 2.18. The lowest BCUT2D eigenvalue weighted by Crippen LogP contribution is -2.54. The Bertz CT molecular complexity index is 301. The highest BCUT2D eigenvalue weighted by molar-refractivity contribution is 7.90. The average molecular weight is 232 g/mol. The third-order valence-electron chi connectivity index (χ3n) is 1.96. The van der Waals surface area contributed by atoms with E-state index in [1.54, 1.807) is 6.92 Å². The van der Waals surface area contributed by atoms with Crippen molar-refractivity contribution in [1.82, 2.24) is 9.62 Å². The Hall–Kier alpha value is -0.340. The van der Waals surface area contributed by atoms with Gasteiger partial charge in [-0.05, 0) is 6.92 Å². The van der Waals surface area contributed by atoms with Crippen molar-refractivity contribution in [3.63, 3.8) is 0 Å². The largest absolute Gasteiger partial charge is 0.511 e. The van der Waals surface area contributed by atoms with E-state index in [0.29, 0.717) is 4.31 Å². The molecule has 4 nitrogen and oxygen atoms in total. The van der Waals surface area contributed by atoms with Gasteiger partial charge in [-0.1, -0.05) is 0 Å². The van der Waals surface area contributed by atoms with Crippen LogP contribution in [0.4, 0.5) is 13.2 Å². The van der Waals surface area contributed by atoms with E-state index in [-0.39, 0.29) is 25.7 Å². The first-order valence-corrected chi connectivity index (χ1v) is 5.49. The van der Waals surface area contributed by atoms with Crippen molar-refractivity contribution in [1.29, 1.82) is 0 Å². The molecule has 0 aliphatic carbocycles. The Morgan fingerprint density at radius 2 is 2.00 bits per heavy atom. The summed E-state index contributed by atoms with van der Waals surface area (Å²) < 4.78 is 58.6. The summed E-state index contributed by atoms with van der Waals surface area (Å²) in [6.45, 7) is 1.61. The van der Waals surface area contributed by atoms with Crippen LogP contribution in [0, 0.1) is 0 Å². The lowest BCUT2D eigenvalue weighted by Gasteiger charge is -2.31. The van der Waals surface area contributed by atoms with Crippen LogP contribution in [0.3, 0.4) is 0 Å². The minimum absolute atomic E-state index is 0.133. The lowest BCUT2D eigenvalue weighted by molar-refractivity contribution is -0.0494. The quantitative estimate of drug-likeness (QED) is 0.699. The Morgan fingerprint density at radius 1 is 1.43 bits per heavy atom. The number of piperazine rings is 1. The molecule has 0 spiro atoms. The monoisotopic (exact) mass is 232 g/mol. The van der Waals surface area contributed by atoms with Crippen molar-refractivity contribution < 1.29 is 21.6 Å². The summed E-state index contributed by atoms with van der Waals surface area (Å²) in [5.41, 5.74) is -5.19. The normalized spacial score (nSPS) is 26.4. The average Bonchev–Trinajstić information content (AvgIpc) is 2.02. The van der Waals surface area contributed by atoms with Gasteiger partial charge in [-0.25, -0.2) is 8.42 Å². The van der Waals surface area contributed by atoms with Crippen LogP contribution in [-0.4, -0.2) is 43.9 Å². The molecular formula is C6H11F3N2O2S. The van der Waals surface area contributed by atoms with E-state index in [4.69, 9.17) is 0 Å². The van der Waals surface area contributed by atoms with Crippen LogP contribution >= 0.6 is 0 Å². The minimum atomic E-state index is -5.19. The predicted molar refractivity (Wildman–Crippen MR) is 44.0 cm³/mol. The molecular weight excluding hydrogens is 221 g/mol. The van der Waals surface area contributed by atoms with E-state index in [1.165, 1.54) is 0 Å². The van der Waals surface area contributed by atoms with E-state index in [1.807, 2.05) is 0 Å². The van der Waals surface area contributed by atoms with Crippen LogP contribution in [0.2, 0.25) is 0 Å². The maximum atomic E-state index is 12.1.